The molecule has 74 valence electrons. The fraction of sp³-hybridized carbons (Fsp3) is 0.889. The van der Waals surface area contributed by atoms with E-state index in [-0.39, 0.29) is 12.1 Å². The minimum atomic E-state index is -0.0901. The van der Waals surface area contributed by atoms with Gasteiger partial charge in [-0.25, -0.2) is 0 Å². The van der Waals surface area contributed by atoms with E-state index < -0.39 is 0 Å². The first kappa shape index (κ1) is 8.97. The summed E-state index contributed by atoms with van der Waals surface area (Å²) < 4.78 is 10.1. The van der Waals surface area contributed by atoms with Crippen LogP contribution in [-0.4, -0.2) is 37.9 Å². The number of carbonyl (C=O) groups excluding carboxylic acids is 1. The summed E-state index contributed by atoms with van der Waals surface area (Å²) in [7, 11) is 0. The first-order valence-electron chi connectivity index (χ1n) is 4.85. The molecule has 4 nitrogen and oxygen atoms in total. The van der Waals surface area contributed by atoms with Crippen molar-refractivity contribution in [3.63, 3.8) is 0 Å². The first-order chi connectivity index (χ1) is 6.34. The molecule has 2 saturated heterocycles. The molecule has 0 spiro atoms. The van der Waals surface area contributed by atoms with E-state index in [2.05, 4.69) is 5.32 Å². The largest absolute Gasteiger partial charge is 0.457 e. The van der Waals surface area contributed by atoms with E-state index in [1.54, 1.807) is 0 Å². The topological polar surface area (TPSA) is 47.6 Å². The maximum absolute atomic E-state index is 11.3. The Hall–Kier alpha value is -0.610. The van der Waals surface area contributed by atoms with E-state index in [1.807, 2.05) is 0 Å². The summed E-state index contributed by atoms with van der Waals surface area (Å²) in [4.78, 5) is 11.3. The normalized spacial score (nSPS) is 28.5. The van der Waals surface area contributed by atoms with Gasteiger partial charge in [0.15, 0.2) is 0 Å². The Bertz CT molecular complexity index is 185. The fourth-order valence-corrected chi connectivity index (χ4v) is 1.65. The number of esters is 1. The van der Waals surface area contributed by atoms with Crippen LogP contribution in [0.2, 0.25) is 0 Å². The maximum atomic E-state index is 11.3. The third-order valence-electron chi connectivity index (χ3n) is 2.48. The standard InChI is InChI=1S/C9H15NO3/c11-9(13-8-5-12-6-8)4-7-2-1-3-10-7/h7-8,10H,1-6H2. The summed E-state index contributed by atoms with van der Waals surface area (Å²) in [6.07, 6.45) is 2.80. The maximum Gasteiger partial charge on any atom is 0.307 e. The van der Waals surface area contributed by atoms with Crippen molar-refractivity contribution in [2.75, 3.05) is 19.8 Å². The second kappa shape index (κ2) is 4.07. The van der Waals surface area contributed by atoms with Crippen molar-refractivity contribution in [3.05, 3.63) is 0 Å². The molecule has 2 aliphatic rings. The highest BCUT2D eigenvalue weighted by molar-refractivity contribution is 5.70. The number of carbonyl (C=O) groups is 1. The number of ether oxygens (including phenoxy) is 2. The van der Waals surface area contributed by atoms with E-state index in [0.717, 1.165) is 13.0 Å². The Morgan fingerprint density at radius 2 is 2.38 bits per heavy atom. The van der Waals surface area contributed by atoms with Crippen LogP contribution in [0, 0.1) is 0 Å². The fourth-order valence-electron chi connectivity index (χ4n) is 1.65. The molecule has 2 fully saturated rings. The highest BCUT2D eigenvalue weighted by Gasteiger charge is 2.25. The van der Waals surface area contributed by atoms with Crippen LogP contribution in [0.4, 0.5) is 0 Å². The molecule has 4 heteroatoms. The van der Waals surface area contributed by atoms with Crippen molar-refractivity contribution in [1.29, 1.82) is 0 Å². The quantitative estimate of drug-likeness (QED) is 0.632. The van der Waals surface area contributed by atoms with Crippen molar-refractivity contribution in [2.45, 2.75) is 31.4 Å². The summed E-state index contributed by atoms with van der Waals surface area (Å²) in [6.45, 7) is 2.18. The van der Waals surface area contributed by atoms with Gasteiger partial charge in [-0.3, -0.25) is 4.79 Å². The zero-order chi connectivity index (χ0) is 9.10. The molecule has 0 aromatic carbocycles. The molecule has 1 atom stereocenters. The Labute approximate surface area is 77.6 Å². The van der Waals surface area contributed by atoms with Crippen molar-refractivity contribution in [1.82, 2.24) is 5.32 Å². The van der Waals surface area contributed by atoms with E-state index in [1.165, 1.54) is 6.42 Å². The van der Waals surface area contributed by atoms with Crippen molar-refractivity contribution in [2.24, 2.45) is 0 Å². The van der Waals surface area contributed by atoms with Gasteiger partial charge in [-0.1, -0.05) is 0 Å². The number of rotatable bonds is 3. The SMILES string of the molecule is O=C(CC1CCCN1)OC1COC1. The zero-order valence-electron chi connectivity index (χ0n) is 7.62. The molecule has 0 amide bonds. The molecule has 0 aromatic rings. The lowest BCUT2D eigenvalue weighted by molar-refractivity contribution is -0.172. The van der Waals surface area contributed by atoms with Crippen LogP contribution < -0.4 is 5.32 Å². The van der Waals surface area contributed by atoms with E-state index in [4.69, 9.17) is 9.47 Å². The van der Waals surface area contributed by atoms with Gasteiger partial charge in [-0.2, -0.15) is 0 Å². The molecular formula is C9H15NO3. The molecule has 1 N–H and O–H groups in total. The Morgan fingerprint density at radius 1 is 1.54 bits per heavy atom. The highest BCUT2D eigenvalue weighted by atomic mass is 16.6. The van der Waals surface area contributed by atoms with Crippen molar-refractivity contribution in [3.8, 4) is 0 Å². The lowest BCUT2D eigenvalue weighted by Gasteiger charge is -2.26. The number of hydrogen-bond donors (Lipinski definition) is 1. The minimum Gasteiger partial charge on any atom is -0.457 e. The minimum absolute atomic E-state index is 0.0221. The summed E-state index contributed by atoms with van der Waals surface area (Å²) in [5.74, 6) is -0.0901. The monoisotopic (exact) mass is 185 g/mol. The van der Waals surface area contributed by atoms with E-state index in [9.17, 15) is 4.79 Å². The molecule has 2 rings (SSSR count). The third-order valence-corrected chi connectivity index (χ3v) is 2.48. The molecule has 2 heterocycles. The molecule has 2 aliphatic heterocycles. The van der Waals surface area contributed by atoms with Gasteiger partial charge < -0.3 is 14.8 Å². The zero-order valence-corrected chi connectivity index (χ0v) is 7.62. The van der Waals surface area contributed by atoms with Crippen LogP contribution in [0.3, 0.4) is 0 Å². The van der Waals surface area contributed by atoms with Crippen molar-refractivity contribution >= 4 is 5.97 Å². The van der Waals surface area contributed by atoms with Crippen molar-refractivity contribution < 1.29 is 14.3 Å². The summed E-state index contributed by atoms with van der Waals surface area (Å²) in [6, 6.07) is 0.341. The van der Waals surface area contributed by atoms with Gasteiger partial charge in [-0.05, 0) is 19.4 Å². The van der Waals surface area contributed by atoms with Crippen LogP contribution in [0.15, 0.2) is 0 Å². The van der Waals surface area contributed by atoms with Gasteiger partial charge in [0, 0.05) is 6.04 Å². The summed E-state index contributed by atoms with van der Waals surface area (Å²) in [5.41, 5.74) is 0. The lowest BCUT2D eigenvalue weighted by Crippen LogP contribution is -2.39. The van der Waals surface area contributed by atoms with Crippen LogP contribution >= 0.6 is 0 Å². The van der Waals surface area contributed by atoms with Crippen LogP contribution in [0.25, 0.3) is 0 Å². The van der Waals surface area contributed by atoms with Gasteiger partial charge >= 0.3 is 5.97 Å². The molecule has 1 unspecified atom stereocenters. The lowest BCUT2D eigenvalue weighted by atomic mass is 10.1. The average molecular weight is 185 g/mol. The predicted molar refractivity (Wildman–Crippen MR) is 46.3 cm³/mol. The molecule has 13 heavy (non-hydrogen) atoms. The molecule has 0 aromatic heterocycles. The second-order valence-electron chi connectivity index (χ2n) is 3.65. The third kappa shape index (κ3) is 2.42. The molecule has 0 aliphatic carbocycles. The average Bonchev–Trinajstić information content (AvgIpc) is 2.49. The van der Waals surface area contributed by atoms with E-state index in [0.29, 0.717) is 25.7 Å². The van der Waals surface area contributed by atoms with E-state index >= 15 is 0 Å². The number of hydrogen-bond acceptors (Lipinski definition) is 4. The van der Waals surface area contributed by atoms with Crippen LogP contribution in [-0.2, 0) is 14.3 Å². The predicted octanol–water partition coefficient (Wildman–Crippen LogP) is 0.0705. The second-order valence-corrected chi connectivity index (χ2v) is 3.65. The Kier molecular flexibility index (Phi) is 2.80. The molecular weight excluding hydrogens is 170 g/mol. The smallest absolute Gasteiger partial charge is 0.307 e. The molecule has 0 saturated carbocycles. The van der Waals surface area contributed by atoms with Crippen LogP contribution in [0.1, 0.15) is 19.3 Å². The van der Waals surface area contributed by atoms with Crippen LogP contribution in [0.5, 0.6) is 0 Å². The summed E-state index contributed by atoms with van der Waals surface area (Å²) in [5, 5.41) is 3.26. The van der Waals surface area contributed by atoms with Gasteiger partial charge in [0.25, 0.3) is 0 Å². The van der Waals surface area contributed by atoms with Gasteiger partial charge in [-0.15, -0.1) is 0 Å². The van der Waals surface area contributed by atoms with Gasteiger partial charge in [0.2, 0.25) is 0 Å². The number of nitrogens with one attached hydrogen (secondary N) is 1. The first-order valence-corrected chi connectivity index (χ1v) is 4.85. The molecule has 0 radical (unpaired) electrons. The molecule has 0 bridgehead atoms. The Balaban J connectivity index is 1.64. The Morgan fingerprint density at radius 3 is 2.92 bits per heavy atom. The van der Waals surface area contributed by atoms with Gasteiger partial charge in [0.1, 0.15) is 6.10 Å². The van der Waals surface area contributed by atoms with Gasteiger partial charge in [0.05, 0.1) is 19.6 Å². The summed E-state index contributed by atoms with van der Waals surface area (Å²) >= 11 is 0. The highest BCUT2D eigenvalue weighted by Crippen LogP contribution is 2.12.